The molecular formula is C12H19ClN2. The van der Waals surface area contributed by atoms with Crippen molar-refractivity contribution < 1.29 is 0 Å². The average molecular weight is 227 g/mol. The quantitative estimate of drug-likeness (QED) is 0.732. The molecule has 0 saturated heterocycles. The van der Waals surface area contributed by atoms with Crippen molar-refractivity contribution in [2.45, 2.75) is 38.6 Å². The van der Waals surface area contributed by atoms with Gasteiger partial charge in [-0.25, -0.2) is 0 Å². The first-order valence-corrected chi connectivity index (χ1v) is 5.79. The number of hydrogen-bond acceptors (Lipinski definition) is 2. The Balaban J connectivity index is 3.05. The molecule has 1 heterocycles. The third-order valence-electron chi connectivity index (χ3n) is 3.16. The maximum atomic E-state index is 5.90. The van der Waals surface area contributed by atoms with Crippen molar-refractivity contribution in [1.29, 1.82) is 0 Å². The zero-order valence-corrected chi connectivity index (χ0v) is 10.7. The smallest absolute Gasteiger partial charge is 0.0509 e. The van der Waals surface area contributed by atoms with Gasteiger partial charge in [0.25, 0.3) is 0 Å². The molecule has 0 spiro atoms. The van der Waals surface area contributed by atoms with Crippen LogP contribution in [0.1, 0.15) is 32.8 Å². The summed E-state index contributed by atoms with van der Waals surface area (Å²) in [5.74, 6) is 0.507. The molecule has 0 unspecified atom stereocenters. The van der Waals surface area contributed by atoms with Gasteiger partial charge in [0.15, 0.2) is 0 Å². The molecule has 1 aromatic heterocycles. The van der Waals surface area contributed by atoms with E-state index in [1.54, 1.807) is 0 Å². The van der Waals surface area contributed by atoms with Gasteiger partial charge in [-0.2, -0.15) is 0 Å². The van der Waals surface area contributed by atoms with E-state index in [9.17, 15) is 0 Å². The van der Waals surface area contributed by atoms with Crippen LogP contribution >= 0.6 is 11.6 Å². The minimum Gasteiger partial charge on any atom is -0.369 e. The number of alkyl halides is 1. The van der Waals surface area contributed by atoms with Crippen LogP contribution in [0.2, 0.25) is 0 Å². The van der Waals surface area contributed by atoms with Gasteiger partial charge in [-0.1, -0.05) is 6.92 Å². The SMILES string of the molecule is CCC(C)(C)N(C)c1ccncc1CCl. The van der Waals surface area contributed by atoms with Crippen LogP contribution in [0, 0.1) is 0 Å². The van der Waals surface area contributed by atoms with E-state index in [0.717, 1.165) is 12.0 Å². The first-order chi connectivity index (χ1) is 7.03. The van der Waals surface area contributed by atoms with E-state index in [2.05, 4.69) is 37.7 Å². The highest BCUT2D eigenvalue weighted by atomic mass is 35.5. The molecule has 0 aliphatic rings. The van der Waals surface area contributed by atoms with Gasteiger partial charge in [0, 0.05) is 36.2 Å². The van der Waals surface area contributed by atoms with Gasteiger partial charge in [0.05, 0.1) is 5.88 Å². The summed E-state index contributed by atoms with van der Waals surface area (Å²) in [5.41, 5.74) is 2.40. The van der Waals surface area contributed by atoms with Gasteiger partial charge in [0.1, 0.15) is 0 Å². The molecule has 0 bridgehead atoms. The number of pyridine rings is 1. The van der Waals surface area contributed by atoms with Crippen molar-refractivity contribution >= 4 is 17.3 Å². The first-order valence-electron chi connectivity index (χ1n) is 5.25. The van der Waals surface area contributed by atoms with Crippen molar-refractivity contribution in [2.24, 2.45) is 0 Å². The van der Waals surface area contributed by atoms with Crippen LogP contribution in [-0.4, -0.2) is 17.6 Å². The van der Waals surface area contributed by atoms with Crippen molar-refractivity contribution in [3.63, 3.8) is 0 Å². The van der Waals surface area contributed by atoms with E-state index in [4.69, 9.17) is 11.6 Å². The van der Waals surface area contributed by atoms with Crippen molar-refractivity contribution in [3.05, 3.63) is 24.0 Å². The lowest BCUT2D eigenvalue weighted by Gasteiger charge is -2.37. The van der Waals surface area contributed by atoms with Crippen molar-refractivity contribution in [1.82, 2.24) is 4.98 Å². The second kappa shape index (κ2) is 4.84. The molecule has 0 aliphatic carbocycles. The molecular weight excluding hydrogens is 208 g/mol. The number of nitrogens with zero attached hydrogens (tertiary/aromatic N) is 2. The minimum atomic E-state index is 0.141. The molecule has 0 amide bonds. The van der Waals surface area contributed by atoms with Crippen LogP contribution in [-0.2, 0) is 5.88 Å². The second-order valence-corrected chi connectivity index (χ2v) is 4.63. The summed E-state index contributed by atoms with van der Waals surface area (Å²) in [7, 11) is 2.11. The van der Waals surface area contributed by atoms with Crippen LogP contribution in [0.4, 0.5) is 5.69 Å². The first kappa shape index (κ1) is 12.3. The molecule has 84 valence electrons. The fourth-order valence-electron chi connectivity index (χ4n) is 1.41. The van der Waals surface area contributed by atoms with Gasteiger partial charge in [0.2, 0.25) is 0 Å². The molecule has 0 atom stereocenters. The lowest BCUT2D eigenvalue weighted by Crippen LogP contribution is -2.41. The van der Waals surface area contributed by atoms with Gasteiger partial charge >= 0.3 is 0 Å². The Bertz CT molecular complexity index is 323. The van der Waals surface area contributed by atoms with Crippen molar-refractivity contribution in [3.8, 4) is 0 Å². The fraction of sp³-hybridized carbons (Fsp3) is 0.583. The highest BCUT2D eigenvalue weighted by Crippen LogP contribution is 2.28. The zero-order valence-electron chi connectivity index (χ0n) is 9.92. The molecule has 15 heavy (non-hydrogen) atoms. The molecule has 1 aromatic rings. The Morgan fingerprint density at radius 2 is 2.13 bits per heavy atom. The Morgan fingerprint density at radius 3 is 2.67 bits per heavy atom. The summed E-state index contributed by atoms with van der Waals surface area (Å²) >= 11 is 5.90. The molecule has 2 nitrogen and oxygen atoms in total. The number of halogens is 1. The molecule has 0 aromatic carbocycles. The largest absolute Gasteiger partial charge is 0.369 e. The fourth-order valence-corrected chi connectivity index (χ4v) is 1.62. The van der Waals surface area contributed by atoms with E-state index in [1.165, 1.54) is 5.69 Å². The molecule has 3 heteroatoms. The van der Waals surface area contributed by atoms with Crippen LogP contribution in [0.3, 0.4) is 0 Å². The standard InChI is InChI=1S/C12H19ClN2/c1-5-12(2,3)15(4)11-6-7-14-9-10(11)8-13/h6-7,9H,5,8H2,1-4H3. The summed E-state index contributed by atoms with van der Waals surface area (Å²) < 4.78 is 0. The number of anilines is 1. The third kappa shape index (κ3) is 2.63. The van der Waals surface area contributed by atoms with Gasteiger partial charge in [-0.15, -0.1) is 11.6 Å². The van der Waals surface area contributed by atoms with Gasteiger partial charge in [-0.3, -0.25) is 4.98 Å². The van der Waals surface area contributed by atoms with Crippen LogP contribution in [0.25, 0.3) is 0 Å². The third-order valence-corrected chi connectivity index (χ3v) is 3.44. The van der Waals surface area contributed by atoms with E-state index in [0.29, 0.717) is 5.88 Å². The summed E-state index contributed by atoms with van der Waals surface area (Å²) in [6.07, 6.45) is 4.74. The predicted octanol–water partition coefficient (Wildman–Crippen LogP) is 3.45. The summed E-state index contributed by atoms with van der Waals surface area (Å²) in [6.45, 7) is 6.65. The Morgan fingerprint density at radius 1 is 1.47 bits per heavy atom. The van der Waals surface area contributed by atoms with E-state index in [-0.39, 0.29) is 5.54 Å². The van der Waals surface area contributed by atoms with Crippen molar-refractivity contribution in [2.75, 3.05) is 11.9 Å². The highest BCUT2D eigenvalue weighted by Gasteiger charge is 2.22. The molecule has 0 fully saturated rings. The summed E-state index contributed by atoms with van der Waals surface area (Å²) in [5, 5.41) is 0. The Kier molecular flexibility index (Phi) is 3.97. The highest BCUT2D eigenvalue weighted by molar-refractivity contribution is 6.17. The number of hydrogen-bond donors (Lipinski definition) is 0. The van der Waals surface area contributed by atoms with Gasteiger partial charge < -0.3 is 4.90 Å². The molecule has 0 aliphatic heterocycles. The van der Waals surface area contributed by atoms with Crippen LogP contribution in [0.15, 0.2) is 18.5 Å². The lowest BCUT2D eigenvalue weighted by atomic mass is 9.98. The van der Waals surface area contributed by atoms with Crippen LogP contribution < -0.4 is 4.90 Å². The van der Waals surface area contributed by atoms with Gasteiger partial charge in [-0.05, 0) is 26.3 Å². The maximum Gasteiger partial charge on any atom is 0.0509 e. The second-order valence-electron chi connectivity index (χ2n) is 4.36. The van der Waals surface area contributed by atoms with E-state index in [1.807, 2.05) is 18.5 Å². The summed E-state index contributed by atoms with van der Waals surface area (Å²) in [4.78, 5) is 6.37. The Hall–Kier alpha value is -0.760. The normalized spacial score (nSPS) is 11.5. The monoisotopic (exact) mass is 226 g/mol. The van der Waals surface area contributed by atoms with E-state index < -0.39 is 0 Å². The molecule has 0 saturated carbocycles. The molecule has 1 rings (SSSR count). The maximum absolute atomic E-state index is 5.90. The summed E-state index contributed by atoms with van der Waals surface area (Å²) in [6, 6.07) is 2.02. The van der Waals surface area contributed by atoms with Crippen LogP contribution in [0.5, 0.6) is 0 Å². The minimum absolute atomic E-state index is 0.141. The number of aromatic nitrogens is 1. The predicted molar refractivity (Wildman–Crippen MR) is 66.6 cm³/mol. The molecule has 0 radical (unpaired) electrons. The lowest BCUT2D eigenvalue weighted by molar-refractivity contribution is 0.470. The average Bonchev–Trinajstić information content (AvgIpc) is 2.28. The zero-order chi connectivity index (χ0) is 11.5. The van der Waals surface area contributed by atoms with E-state index >= 15 is 0 Å². The topological polar surface area (TPSA) is 16.1 Å². The Labute approximate surface area is 97.3 Å². The number of rotatable bonds is 4. The molecule has 0 N–H and O–H groups in total.